The zero-order chi connectivity index (χ0) is 11.3. The predicted molar refractivity (Wildman–Crippen MR) is 51.8 cm³/mol. The maximum atomic E-state index is 11.9. The van der Waals surface area contributed by atoms with Crippen LogP contribution in [-0.4, -0.2) is 18.1 Å². The van der Waals surface area contributed by atoms with E-state index in [2.05, 4.69) is 0 Å². The molecule has 15 heavy (non-hydrogen) atoms. The lowest BCUT2D eigenvalue weighted by Gasteiger charge is -2.12. The van der Waals surface area contributed by atoms with E-state index in [0.29, 0.717) is 16.9 Å². The van der Waals surface area contributed by atoms with Crippen LogP contribution >= 0.6 is 0 Å². The fourth-order valence-electron chi connectivity index (χ4n) is 1.28. The van der Waals surface area contributed by atoms with Gasteiger partial charge in [0.25, 0.3) is 6.43 Å². The molecule has 0 radical (unpaired) electrons. The molecule has 0 atom stereocenters. The molecule has 0 saturated carbocycles. The first kappa shape index (κ1) is 11.9. The van der Waals surface area contributed by atoms with Crippen LogP contribution in [-0.2, 0) is 13.2 Å². The number of benzene rings is 1. The molecule has 0 spiro atoms. The second kappa shape index (κ2) is 5.63. The first-order chi connectivity index (χ1) is 7.19. The predicted octanol–water partition coefficient (Wildman–Crippen LogP) is 1.28. The molecule has 0 unspecified atom stereocenters. The van der Waals surface area contributed by atoms with Gasteiger partial charge < -0.3 is 15.6 Å². The minimum absolute atomic E-state index is 0.148. The fraction of sp³-hybridized carbons (Fsp3) is 0.400. The molecule has 0 fully saturated rings. The summed E-state index contributed by atoms with van der Waals surface area (Å²) < 4.78 is 28.8. The number of rotatable bonds is 5. The molecule has 0 bridgehead atoms. The third-order valence-electron chi connectivity index (χ3n) is 1.97. The lowest BCUT2D eigenvalue weighted by molar-refractivity contribution is 0.0813. The summed E-state index contributed by atoms with van der Waals surface area (Å²) in [6, 6.07) is 4.87. The van der Waals surface area contributed by atoms with Crippen molar-refractivity contribution in [3.8, 4) is 5.75 Å². The maximum absolute atomic E-state index is 11.9. The van der Waals surface area contributed by atoms with Gasteiger partial charge in [-0.15, -0.1) is 0 Å². The number of ether oxygens (including phenoxy) is 1. The fourth-order valence-corrected chi connectivity index (χ4v) is 1.28. The Bertz CT molecular complexity index is 318. The third kappa shape index (κ3) is 3.14. The van der Waals surface area contributed by atoms with Crippen LogP contribution in [0.3, 0.4) is 0 Å². The van der Waals surface area contributed by atoms with Crippen LogP contribution in [0.15, 0.2) is 18.2 Å². The molecular formula is C10H13F2NO2. The molecule has 84 valence electrons. The van der Waals surface area contributed by atoms with Gasteiger partial charge in [0, 0.05) is 12.1 Å². The standard InChI is InChI=1S/C10H13F2NO2/c11-10(12)6-15-9-3-1-2-7(5-14)8(9)4-13/h1-3,10,14H,4-6,13H2. The van der Waals surface area contributed by atoms with Crippen molar-refractivity contribution in [2.45, 2.75) is 19.6 Å². The first-order valence-electron chi connectivity index (χ1n) is 4.51. The number of aliphatic hydroxyl groups is 1. The maximum Gasteiger partial charge on any atom is 0.272 e. The van der Waals surface area contributed by atoms with E-state index in [0.717, 1.165) is 0 Å². The number of alkyl halides is 2. The van der Waals surface area contributed by atoms with Crippen molar-refractivity contribution in [3.05, 3.63) is 29.3 Å². The Balaban J connectivity index is 2.86. The molecule has 3 nitrogen and oxygen atoms in total. The highest BCUT2D eigenvalue weighted by Crippen LogP contribution is 2.22. The van der Waals surface area contributed by atoms with Gasteiger partial charge in [-0.1, -0.05) is 12.1 Å². The van der Waals surface area contributed by atoms with Gasteiger partial charge in [-0.25, -0.2) is 8.78 Å². The number of aliphatic hydroxyl groups excluding tert-OH is 1. The van der Waals surface area contributed by atoms with E-state index in [1.54, 1.807) is 18.2 Å². The van der Waals surface area contributed by atoms with E-state index in [9.17, 15) is 8.78 Å². The molecule has 1 rings (SSSR count). The molecule has 0 aliphatic heterocycles. The van der Waals surface area contributed by atoms with Gasteiger partial charge in [0.1, 0.15) is 12.4 Å². The summed E-state index contributed by atoms with van der Waals surface area (Å²) in [4.78, 5) is 0. The SMILES string of the molecule is NCc1c(CO)cccc1OCC(F)F. The molecule has 0 aliphatic carbocycles. The molecule has 0 heterocycles. The van der Waals surface area contributed by atoms with Crippen LogP contribution in [0.2, 0.25) is 0 Å². The number of halogens is 2. The molecule has 0 aliphatic rings. The van der Waals surface area contributed by atoms with Gasteiger partial charge in [0.15, 0.2) is 0 Å². The lowest BCUT2D eigenvalue weighted by Crippen LogP contribution is -2.11. The summed E-state index contributed by atoms with van der Waals surface area (Å²) >= 11 is 0. The summed E-state index contributed by atoms with van der Waals surface area (Å²) in [5.41, 5.74) is 6.63. The van der Waals surface area contributed by atoms with Gasteiger partial charge in [0.05, 0.1) is 6.61 Å². The first-order valence-corrected chi connectivity index (χ1v) is 4.51. The van der Waals surface area contributed by atoms with Crippen molar-refractivity contribution in [2.24, 2.45) is 5.73 Å². The van der Waals surface area contributed by atoms with Gasteiger partial charge in [-0.05, 0) is 11.6 Å². The Morgan fingerprint density at radius 1 is 1.40 bits per heavy atom. The highest BCUT2D eigenvalue weighted by molar-refractivity contribution is 5.39. The topological polar surface area (TPSA) is 55.5 Å². The summed E-state index contributed by atoms with van der Waals surface area (Å²) in [5, 5.41) is 8.99. The van der Waals surface area contributed by atoms with Crippen molar-refractivity contribution in [1.29, 1.82) is 0 Å². The molecule has 3 N–H and O–H groups in total. The van der Waals surface area contributed by atoms with Crippen molar-refractivity contribution in [1.82, 2.24) is 0 Å². The van der Waals surface area contributed by atoms with Crippen LogP contribution in [0.4, 0.5) is 8.78 Å². The lowest BCUT2D eigenvalue weighted by atomic mass is 10.1. The van der Waals surface area contributed by atoms with Crippen molar-refractivity contribution < 1.29 is 18.6 Å². The zero-order valence-corrected chi connectivity index (χ0v) is 8.12. The molecule has 1 aromatic rings. The van der Waals surface area contributed by atoms with Crippen LogP contribution in [0.5, 0.6) is 5.75 Å². The third-order valence-corrected chi connectivity index (χ3v) is 1.97. The molecule has 0 aromatic heterocycles. The Kier molecular flexibility index (Phi) is 4.45. The van der Waals surface area contributed by atoms with Crippen molar-refractivity contribution >= 4 is 0 Å². The van der Waals surface area contributed by atoms with Crippen molar-refractivity contribution in [2.75, 3.05) is 6.61 Å². The van der Waals surface area contributed by atoms with Crippen LogP contribution in [0.25, 0.3) is 0 Å². The minimum atomic E-state index is -2.52. The summed E-state index contributed by atoms with van der Waals surface area (Å²) in [6.07, 6.45) is -2.52. The van der Waals surface area contributed by atoms with E-state index in [4.69, 9.17) is 15.6 Å². The Labute approximate surface area is 86.5 Å². The van der Waals surface area contributed by atoms with Gasteiger partial charge in [0.2, 0.25) is 0 Å². The summed E-state index contributed by atoms with van der Waals surface area (Å²) in [6.45, 7) is -0.699. The smallest absolute Gasteiger partial charge is 0.272 e. The Hall–Kier alpha value is -1.20. The van der Waals surface area contributed by atoms with Crippen LogP contribution in [0.1, 0.15) is 11.1 Å². The van der Waals surface area contributed by atoms with E-state index in [-0.39, 0.29) is 13.2 Å². The van der Waals surface area contributed by atoms with E-state index >= 15 is 0 Å². The van der Waals surface area contributed by atoms with Gasteiger partial charge in [-0.3, -0.25) is 0 Å². The van der Waals surface area contributed by atoms with Crippen molar-refractivity contribution in [3.63, 3.8) is 0 Å². The van der Waals surface area contributed by atoms with Gasteiger partial charge >= 0.3 is 0 Å². The van der Waals surface area contributed by atoms with E-state index < -0.39 is 13.0 Å². The van der Waals surface area contributed by atoms with Gasteiger partial charge in [-0.2, -0.15) is 0 Å². The minimum Gasteiger partial charge on any atom is -0.487 e. The molecular weight excluding hydrogens is 204 g/mol. The Morgan fingerprint density at radius 2 is 2.13 bits per heavy atom. The molecule has 0 amide bonds. The quantitative estimate of drug-likeness (QED) is 0.781. The zero-order valence-electron chi connectivity index (χ0n) is 8.12. The van der Waals surface area contributed by atoms with Crippen LogP contribution < -0.4 is 10.5 Å². The second-order valence-corrected chi connectivity index (χ2v) is 2.96. The summed E-state index contributed by atoms with van der Waals surface area (Å²) in [7, 11) is 0. The van der Waals surface area contributed by atoms with E-state index in [1.807, 2.05) is 0 Å². The molecule has 5 heteroatoms. The average molecular weight is 217 g/mol. The Morgan fingerprint density at radius 3 is 2.67 bits per heavy atom. The normalized spacial score (nSPS) is 10.7. The number of nitrogens with two attached hydrogens (primary N) is 1. The van der Waals surface area contributed by atoms with Crippen LogP contribution in [0, 0.1) is 0 Å². The van der Waals surface area contributed by atoms with E-state index in [1.165, 1.54) is 0 Å². The molecule has 1 aromatic carbocycles. The largest absolute Gasteiger partial charge is 0.487 e. The highest BCUT2D eigenvalue weighted by atomic mass is 19.3. The number of hydrogen-bond donors (Lipinski definition) is 2. The average Bonchev–Trinajstić information content (AvgIpc) is 2.25. The highest BCUT2D eigenvalue weighted by Gasteiger charge is 2.09. The monoisotopic (exact) mass is 217 g/mol. The second-order valence-electron chi connectivity index (χ2n) is 2.96. The molecule has 0 saturated heterocycles. The summed E-state index contributed by atoms with van der Waals surface area (Å²) in [5.74, 6) is 0.310. The number of hydrogen-bond acceptors (Lipinski definition) is 3.